The van der Waals surface area contributed by atoms with Gasteiger partial charge in [0.2, 0.25) is 0 Å². The summed E-state index contributed by atoms with van der Waals surface area (Å²) in [6.07, 6.45) is 4.95. The predicted molar refractivity (Wildman–Crippen MR) is 82.0 cm³/mol. The maximum absolute atomic E-state index is 11.7. The van der Waals surface area contributed by atoms with E-state index < -0.39 is 10.2 Å². The van der Waals surface area contributed by atoms with Crippen LogP contribution in [0.5, 0.6) is 0 Å². The maximum atomic E-state index is 11.7. The minimum atomic E-state index is -3.50. The first-order valence-electron chi connectivity index (χ1n) is 6.26. The van der Waals surface area contributed by atoms with E-state index in [0.29, 0.717) is 18.1 Å². The molecule has 7 nitrogen and oxygen atoms in total. The van der Waals surface area contributed by atoms with E-state index in [-0.39, 0.29) is 0 Å². The van der Waals surface area contributed by atoms with Crippen LogP contribution in [0.15, 0.2) is 42.9 Å². The van der Waals surface area contributed by atoms with Gasteiger partial charge in [-0.15, -0.1) is 0 Å². The van der Waals surface area contributed by atoms with E-state index in [4.69, 9.17) is 0 Å². The number of aromatic nitrogens is 2. The molecule has 112 valence electrons. The van der Waals surface area contributed by atoms with Crippen molar-refractivity contribution in [2.45, 2.75) is 6.54 Å². The van der Waals surface area contributed by atoms with Crippen LogP contribution in [0.3, 0.4) is 0 Å². The molecule has 2 heterocycles. The highest BCUT2D eigenvalue weighted by Crippen LogP contribution is 2.12. The van der Waals surface area contributed by atoms with Gasteiger partial charge >= 0.3 is 10.2 Å². The Morgan fingerprint density at radius 1 is 1.19 bits per heavy atom. The van der Waals surface area contributed by atoms with Crippen molar-refractivity contribution in [1.29, 1.82) is 0 Å². The third-order valence-corrected chi connectivity index (χ3v) is 4.14. The van der Waals surface area contributed by atoms with Gasteiger partial charge in [0.15, 0.2) is 0 Å². The van der Waals surface area contributed by atoms with Crippen molar-refractivity contribution in [2.75, 3.05) is 24.1 Å². The quantitative estimate of drug-likeness (QED) is 0.840. The molecular weight excluding hydrogens is 290 g/mol. The van der Waals surface area contributed by atoms with Crippen LogP contribution in [0.2, 0.25) is 0 Å². The van der Waals surface area contributed by atoms with Crippen molar-refractivity contribution in [1.82, 2.24) is 14.3 Å². The summed E-state index contributed by atoms with van der Waals surface area (Å²) in [7, 11) is -0.589. The second-order valence-electron chi connectivity index (χ2n) is 4.54. The topological polar surface area (TPSA) is 87.2 Å². The van der Waals surface area contributed by atoms with Crippen LogP contribution >= 0.6 is 0 Å². The number of pyridine rings is 2. The van der Waals surface area contributed by atoms with Gasteiger partial charge in [-0.1, -0.05) is 6.07 Å². The van der Waals surface area contributed by atoms with Crippen LogP contribution in [-0.2, 0) is 16.8 Å². The lowest BCUT2D eigenvalue weighted by Gasteiger charge is -2.13. The summed E-state index contributed by atoms with van der Waals surface area (Å²) < 4.78 is 26.8. The molecule has 8 heteroatoms. The van der Waals surface area contributed by atoms with Gasteiger partial charge in [-0.25, -0.2) is 4.98 Å². The van der Waals surface area contributed by atoms with Crippen molar-refractivity contribution in [3.8, 4) is 0 Å². The fraction of sp³-hybridized carbons (Fsp3) is 0.231. The number of rotatable bonds is 6. The third kappa shape index (κ3) is 4.40. The second kappa shape index (κ2) is 6.51. The van der Waals surface area contributed by atoms with Crippen molar-refractivity contribution in [3.63, 3.8) is 0 Å². The van der Waals surface area contributed by atoms with E-state index in [1.54, 1.807) is 24.5 Å². The Balaban J connectivity index is 1.96. The molecule has 0 bridgehead atoms. The minimum absolute atomic E-state index is 0.413. The van der Waals surface area contributed by atoms with E-state index in [1.807, 2.05) is 12.1 Å². The predicted octanol–water partition coefficient (Wildman–Crippen LogP) is 1.31. The molecule has 0 fully saturated rings. The molecule has 0 amide bonds. The van der Waals surface area contributed by atoms with E-state index in [1.165, 1.54) is 20.3 Å². The lowest BCUT2D eigenvalue weighted by Crippen LogP contribution is -2.28. The average molecular weight is 307 g/mol. The molecule has 0 spiro atoms. The Morgan fingerprint density at radius 3 is 2.57 bits per heavy atom. The Hall–Kier alpha value is -2.19. The van der Waals surface area contributed by atoms with Crippen LogP contribution < -0.4 is 10.0 Å². The van der Waals surface area contributed by atoms with Gasteiger partial charge in [-0.05, 0) is 23.8 Å². The summed E-state index contributed by atoms with van der Waals surface area (Å²) in [5, 5.41) is 3.13. The van der Waals surface area contributed by atoms with Gasteiger partial charge in [0.05, 0.1) is 11.9 Å². The molecule has 0 aromatic carbocycles. The summed E-state index contributed by atoms with van der Waals surface area (Å²) in [4.78, 5) is 8.19. The molecule has 0 saturated carbocycles. The first-order valence-corrected chi connectivity index (χ1v) is 7.70. The van der Waals surface area contributed by atoms with E-state index in [9.17, 15) is 8.42 Å². The van der Waals surface area contributed by atoms with Gasteiger partial charge in [0, 0.05) is 33.0 Å². The molecule has 2 rings (SSSR count). The largest absolute Gasteiger partial charge is 0.366 e. The van der Waals surface area contributed by atoms with Crippen LogP contribution in [0, 0.1) is 0 Å². The monoisotopic (exact) mass is 307 g/mol. The molecule has 0 saturated heterocycles. The highest BCUT2D eigenvalue weighted by atomic mass is 32.2. The molecular formula is C13H17N5O2S. The minimum Gasteiger partial charge on any atom is -0.366 e. The standard InChI is InChI=1S/C13H17N5O2S/c1-18(2)21(19,20)17-12-5-6-13(16-10-12)15-9-11-4-3-7-14-8-11/h3-8,10,17H,9H2,1-2H3,(H,15,16). The van der Waals surface area contributed by atoms with Crippen LogP contribution in [0.25, 0.3) is 0 Å². The van der Waals surface area contributed by atoms with Gasteiger partial charge in [0.1, 0.15) is 5.82 Å². The second-order valence-corrected chi connectivity index (χ2v) is 6.42. The summed E-state index contributed by atoms with van der Waals surface area (Å²) >= 11 is 0. The Labute approximate surface area is 124 Å². The Bertz CT molecular complexity index is 671. The number of hydrogen-bond acceptors (Lipinski definition) is 5. The van der Waals surface area contributed by atoms with E-state index in [0.717, 1.165) is 9.87 Å². The van der Waals surface area contributed by atoms with Crippen molar-refractivity contribution in [3.05, 3.63) is 48.4 Å². The Morgan fingerprint density at radius 2 is 2.00 bits per heavy atom. The highest BCUT2D eigenvalue weighted by molar-refractivity contribution is 7.90. The number of anilines is 2. The number of hydrogen-bond donors (Lipinski definition) is 2. The summed E-state index contributed by atoms with van der Waals surface area (Å²) in [6, 6.07) is 7.19. The average Bonchev–Trinajstić information content (AvgIpc) is 2.47. The van der Waals surface area contributed by atoms with Gasteiger partial charge in [-0.2, -0.15) is 12.7 Å². The zero-order chi connectivity index (χ0) is 15.3. The zero-order valence-corrected chi connectivity index (χ0v) is 12.6. The number of nitrogens with zero attached hydrogens (tertiary/aromatic N) is 3. The van der Waals surface area contributed by atoms with E-state index in [2.05, 4.69) is 20.0 Å². The van der Waals surface area contributed by atoms with Crippen LogP contribution in [0.1, 0.15) is 5.56 Å². The molecule has 2 N–H and O–H groups in total. The Kier molecular flexibility index (Phi) is 4.71. The fourth-order valence-corrected chi connectivity index (χ4v) is 2.10. The molecule has 2 aromatic rings. The van der Waals surface area contributed by atoms with Gasteiger partial charge < -0.3 is 5.32 Å². The lowest BCUT2D eigenvalue weighted by atomic mass is 10.3. The number of nitrogens with one attached hydrogen (secondary N) is 2. The molecule has 2 aromatic heterocycles. The lowest BCUT2D eigenvalue weighted by molar-refractivity contribution is 0.527. The maximum Gasteiger partial charge on any atom is 0.301 e. The first-order chi connectivity index (χ1) is 9.97. The molecule has 0 aliphatic carbocycles. The molecule has 0 aliphatic rings. The first kappa shape index (κ1) is 15.2. The smallest absolute Gasteiger partial charge is 0.301 e. The molecule has 0 radical (unpaired) electrons. The summed E-state index contributed by atoms with van der Waals surface area (Å²) in [5.41, 5.74) is 1.45. The van der Waals surface area contributed by atoms with Crippen molar-refractivity contribution < 1.29 is 8.42 Å². The SMILES string of the molecule is CN(C)S(=O)(=O)Nc1ccc(NCc2cccnc2)nc1. The molecule has 0 aliphatic heterocycles. The van der Waals surface area contributed by atoms with Crippen molar-refractivity contribution >= 4 is 21.7 Å². The van der Waals surface area contributed by atoms with Gasteiger partial charge in [-0.3, -0.25) is 9.71 Å². The van der Waals surface area contributed by atoms with E-state index >= 15 is 0 Å². The fourth-order valence-electron chi connectivity index (χ4n) is 1.49. The highest BCUT2D eigenvalue weighted by Gasteiger charge is 2.12. The third-order valence-electron chi connectivity index (χ3n) is 2.69. The van der Waals surface area contributed by atoms with Crippen LogP contribution in [0.4, 0.5) is 11.5 Å². The normalized spacial score (nSPS) is 11.4. The van der Waals surface area contributed by atoms with Gasteiger partial charge in [0.25, 0.3) is 0 Å². The summed E-state index contributed by atoms with van der Waals surface area (Å²) in [6.45, 7) is 0.601. The van der Waals surface area contributed by atoms with Crippen molar-refractivity contribution in [2.24, 2.45) is 0 Å². The summed E-state index contributed by atoms with van der Waals surface area (Å²) in [5.74, 6) is 0.659. The zero-order valence-electron chi connectivity index (χ0n) is 11.8. The van der Waals surface area contributed by atoms with Crippen LogP contribution in [-0.4, -0.2) is 36.8 Å². The molecule has 21 heavy (non-hydrogen) atoms. The molecule has 0 atom stereocenters. The molecule has 0 unspecified atom stereocenters.